The molecule has 0 spiro atoms. The summed E-state index contributed by atoms with van der Waals surface area (Å²) in [5, 5.41) is 11.2. The zero-order chi connectivity index (χ0) is 22.4. The zero-order valence-corrected chi connectivity index (χ0v) is 17.8. The molecule has 0 aliphatic rings. The molecule has 0 saturated carbocycles. The summed E-state index contributed by atoms with van der Waals surface area (Å²) in [4.78, 5) is 35.5. The molecule has 0 amide bonds. The lowest BCUT2D eigenvalue weighted by Crippen LogP contribution is -2.17. The molecule has 2 aromatic rings. The lowest BCUT2D eigenvalue weighted by Gasteiger charge is -2.17. The quantitative estimate of drug-likeness (QED) is 0.251. The third kappa shape index (κ3) is 5.04. The van der Waals surface area contributed by atoms with Crippen molar-refractivity contribution in [3.8, 4) is 5.75 Å². The van der Waals surface area contributed by atoms with Crippen LogP contribution >= 0.6 is 0 Å². The largest absolute Gasteiger partial charge is 0.487 e. The Morgan fingerprint density at radius 1 is 1.23 bits per heavy atom. The topological polar surface area (TPSA) is 110 Å². The van der Waals surface area contributed by atoms with Crippen LogP contribution in [-0.4, -0.2) is 48.2 Å². The Bertz CT molecular complexity index is 949. The van der Waals surface area contributed by atoms with Crippen LogP contribution in [0.25, 0.3) is 0 Å². The number of esters is 1. The molecular weight excluding hydrogens is 392 g/mol. The van der Waals surface area contributed by atoms with Gasteiger partial charge in [0.2, 0.25) is 5.78 Å². The predicted octanol–water partition coefficient (Wildman–Crippen LogP) is 3.66. The van der Waals surface area contributed by atoms with Crippen molar-refractivity contribution < 1.29 is 28.7 Å². The Morgan fingerprint density at radius 2 is 1.93 bits per heavy atom. The van der Waals surface area contributed by atoms with Crippen LogP contribution in [0, 0.1) is 24.0 Å². The molecule has 1 atom stereocenters. The highest BCUT2D eigenvalue weighted by molar-refractivity contribution is 6.00. The van der Waals surface area contributed by atoms with Gasteiger partial charge in [0, 0.05) is 30.1 Å². The average Bonchev–Trinajstić information content (AvgIpc) is 3.00. The van der Waals surface area contributed by atoms with Crippen LogP contribution < -0.4 is 4.74 Å². The van der Waals surface area contributed by atoms with E-state index in [-0.39, 0.29) is 35.4 Å². The van der Waals surface area contributed by atoms with E-state index in [0.717, 1.165) is 17.5 Å². The van der Waals surface area contributed by atoms with Crippen LogP contribution in [0.2, 0.25) is 0 Å². The van der Waals surface area contributed by atoms with Crippen molar-refractivity contribution in [1.82, 2.24) is 4.57 Å². The molecule has 0 aliphatic heterocycles. The fourth-order valence-electron chi connectivity index (χ4n) is 3.41. The number of hydrogen-bond donors (Lipinski definition) is 0. The van der Waals surface area contributed by atoms with E-state index in [9.17, 15) is 19.7 Å². The van der Waals surface area contributed by atoms with Crippen molar-refractivity contribution in [2.75, 3.05) is 26.9 Å². The van der Waals surface area contributed by atoms with Crippen LogP contribution in [0.5, 0.6) is 5.75 Å². The van der Waals surface area contributed by atoms with Crippen LogP contribution in [0.4, 0.5) is 5.69 Å². The minimum Gasteiger partial charge on any atom is -0.487 e. The number of rotatable bonds is 10. The number of ether oxygens (including phenoxy) is 3. The van der Waals surface area contributed by atoms with E-state index in [2.05, 4.69) is 0 Å². The number of hydrogen-bond acceptors (Lipinski definition) is 7. The summed E-state index contributed by atoms with van der Waals surface area (Å²) >= 11 is 0. The molecule has 0 saturated heterocycles. The van der Waals surface area contributed by atoms with Gasteiger partial charge in [-0.05, 0) is 45.9 Å². The fourth-order valence-corrected chi connectivity index (χ4v) is 3.41. The number of nitrogens with zero attached hydrogens (tertiary/aromatic N) is 2. The number of Topliss-reactive ketones (excluding diaryl/α,β-unsaturated/α-hetero) is 1. The highest BCUT2D eigenvalue weighted by Crippen LogP contribution is 2.28. The summed E-state index contributed by atoms with van der Waals surface area (Å²) in [5.74, 6) is -1.11. The molecule has 1 heterocycles. The summed E-state index contributed by atoms with van der Waals surface area (Å²) in [6.45, 7) is 7.67. The molecule has 1 aromatic carbocycles. The molecule has 30 heavy (non-hydrogen) atoms. The third-order valence-corrected chi connectivity index (χ3v) is 4.66. The Balaban J connectivity index is 2.13. The predicted molar refractivity (Wildman–Crippen MR) is 109 cm³/mol. The second-order valence-corrected chi connectivity index (χ2v) is 6.83. The van der Waals surface area contributed by atoms with Gasteiger partial charge in [0.05, 0.1) is 29.7 Å². The number of nitro benzene ring substituents is 1. The summed E-state index contributed by atoms with van der Waals surface area (Å²) in [7, 11) is 1.61. The van der Waals surface area contributed by atoms with E-state index in [1.807, 2.05) is 25.3 Å². The maximum absolute atomic E-state index is 12.6. The van der Waals surface area contributed by atoms with Crippen LogP contribution in [0.15, 0.2) is 24.3 Å². The average molecular weight is 418 g/mol. The molecule has 0 fully saturated rings. The van der Waals surface area contributed by atoms with Crippen LogP contribution in [0.3, 0.4) is 0 Å². The van der Waals surface area contributed by atoms with E-state index >= 15 is 0 Å². The van der Waals surface area contributed by atoms with E-state index < -0.39 is 17.5 Å². The van der Waals surface area contributed by atoms with Crippen molar-refractivity contribution in [1.29, 1.82) is 0 Å². The van der Waals surface area contributed by atoms with Crippen molar-refractivity contribution in [2.24, 2.45) is 0 Å². The third-order valence-electron chi connectivity index (χ3n) is 4.66. The Labute approximate surface area is 174 Å². The van der Waals surface area contributed by atoms with E-state index in [1.54, 1.807) is 20.1 Å². The van der Waals surface area contributed by atoms with E-state index in [0.29, 0.717) is 12.2 Å². The number of methoxy groups -OCH3 is 1. The summed E-state index contributed by atoms with van der Waals surface area (Å²) in [6, 6.07) is 5.58. The van der Waals surface area contributed by atoms with Gasteiger partial charge in [-0.1, -0.05) is 0 Å². The summed E-state index contributed by atoms with van der Waals surface area (Å²) in [6.07, 6.45) is 0. The van der Waals surface area contributed by atoms with E-state index in [1.165, 1.54) is 12.1 Å². The number of nitro groups is 1. The maximum Gasteiger partial charge on any atom is 0.338 e. The van der Waals surface area contributed by atoms with Crippen molar-refractivity contribution in [2.45, 2.75) is 33.7 Å². The number of carbonyl (C=O) groups excluding carboxylic acids is 2. The second kappa shape index (κ2) is 10.0. The molecule has 9 heteroatoms. The first-order chi connectivity index (χ1) is 14.2. The Kier molecular flexibility index (Phi) is 7.71. The Hall–Kier alpha value is -3.20. The SMILES string of the molecule is CCOc1ccc(C(=O)OCC(=O)c2cc(C)n([C@@H](C)COC)c2C)cc1[N+](=O)[O-]. The Morgan fingerprint density at radius 3 is 2.53 bits per heavy atom. The van der Waals surface area contributed by atoms with Gasteiger partial charge < -0.3 is 18.8 Å². The smallest absolute Gasteiger partial charge is 0.338 e. The highest BCUT2D eigenvalue weighted by Gasteiger charge is 2.22. The lowest BCUT2D eigenvalue weighted by atomic mass is 10.1. The lowest BCUT2D eigenvalue weighted by molar-refractivity contribution is -0.385. The van der Waals surface area contributed by atoms with Crippen molar-refractivity contribution in [3.63, 3.8) is 0 Å². The first kappa shape index (κ1) is 23.1. The number of aromatic nitrogens is 1. The van der Waals surface area contributed by atoms with Crippen LogP contribution in [-0.2, 0) is 9.47 Å². The first-order valence-corrected chi connectivity index (χ1v) is 9.50. The second-order valence-electron chi connectivity index (χ2n) is 6.83. The van der Waals surface area contributed by atoms with E-state index in [4.69, 9.17) is 14.2 Å². The van der Waals surface area contributed by atoms with Gasteiger partial charge in [0.25, 0.3) is 0 Å². The van der Waals surface area contributed by atoms with Gasteiger partial charge in [-0.3, -0.25) is 14.9 Å². The van der Waals surface area contributed by atoms with Gasteiger partial charge in [0.1, 0.15) is 0 Å². The van der Waals surface area contributed by atoms with Gasteiger partial charge in [-0.25, -0.2) is 4.79 Å². The minimum absolute atomic E-state index is 0.0304. The molecule has 2 rings (SSSR count). The highest BCUT2D eigenvalue weighted by atomic mass is 16.6. The van der Waals surface area contributed by atoms with Gasteiger partial charge in [-0.15, -0.1) is 0 Å². The summed E-state index contributed by atoms with van der Waals surface area (Å²) < 4.78 is 17.5. The monoisotopic (exact) mass is 418 g/mol. The summed E-state index contributed by atoms with van der Waals surface area (Å²) in [5.41, 5.74) is 1.75. The molecule has 0 bridgehead atoms. The number of aryl methyl sites for hydroxylation is 1. The van der Waals surface area contributed by atoms with Crippen molar-refractivity contribution in [3.05, 3.63) is 56.9 Å². The first-order valence-electron chi connectivity index (χ1n) is 9.50. The van der Waals surface area contributed by atoms with Gasteiger partial charge in [-0.2, -0.15) is 0 Å². The molecule has 1 aromatic heterocycles. The zero-order valence-electron chi connectivity index (χ0n) is 17.8. The molecule has 9 nitrogen and oxygen atoms in total. The molecular formula is C21H26N2O7. The van der Waals surface area contributed by atoms with Gasteiger partial charge in [0.15, 0.2) is 12.4 Å². The number of benzene rings is 1. The normalized spacial score (nSPS) is 11.8. The number of ketones is 1. The maximum atomic E-state index is 12.6. The standard InChI is InChI=1S/C21H26N2O7/c1-6-29-20-8-7-16(10-18(20)23(26)27)21(25)30-12-19(24)17-9-13(2)22(15(17)4)14(3)11-28-5/h7-10,14H,6,11-12H2,1-5H3/t14-/m0/s1. The molecule has 0 aliphatic carbocycles. The number of carbonyl (C=O) groups is 2. The van der Waals surface area contributed by atoms with Gasteiger partial charge >= 0.3 is 11.7 Å². The fraction of sp³-hybridized carbons (Fsp3) is 0.429. The molecule has 0 unspecified atom stereocenters. The molecule has 0 radical (unpaired) electrons. The molecule has 162 valence electrons. The minimum atomic E-state index is -0.823. The van der Waals surface area contributed by atoms with Crippen LogP contribution in [0.1, 0.15) is 52.0 Å². The van der Waals surface area contributed by atoms with Crippen molar-refractivity contribution >= 4 is 17.4 Å². The molecule has 0 N–H and O–H groups in total.